The Bertz CT molecular complexity index is 4910. The normalized spacial score (nSPS) is 13.9. The molecule has 0 saturated heterocycles. The molecule has 4 nitrogen and oxygen atoms in total. The molecule has 2 heterocycles. The first-order valence-corrected chi connectivity index (χ1v) is 34.6. The van der Waals surface area contributed by atoms with E-state index in [1.165, 1.54) is 192 Å². The second-order valence-corrected chi connectivity index (χ2v) is 28.9. The third kappa shape index (κ3) is 9.20. The summed E-state index contributed by atoms with van der Waals surface area (Å²) in [5.41, 5.74) is 26.1. The second-order valence-electron chi connectivity index (χ2n) is 28.9. The molecule has 0 atom stereocenters. The lowest BCUT2D eigenvalue weighted by molar-refractivity contribution is 0.506. The summed E-state index contributed by atoms with van der Waals surface area (Å²) in [6, 6.07) is 81.0. The lowest BCUT2D eigenvalue weighted by Gasteiger charge is -2.34. The van der Waals surface area contributed by atoms with Crippen molar-refractivity contribution in [1.82, 2.24) is 9.13 Å². The van der Waals surface area contributed by atoms with Gasteiger partial charge in [-0.05, 0) is 238 Å². The molecule has 4 heteroatoms. The highest BCUT2D eigenvalue weighted by atomic mass is 15.2. The smallest absolute Gasteiger partial charge is 0.0561 e. The molecule has 16 rings (SSSR count). The summed E-state index contributed by atoms with van der Waals surface area (Å²) in [5, 5.41) is 13.0. The maximum absolute atomic E-state index is 2.69. The average molecular weight is 1200 g/mol. The molecule has 0 bridgehead atoms. The van der Waals surface area contributed by atoms with Crippen molar-refractivity contribution in [1.29, 1.82) is 0 Å². The Morgan fingerprint density at radius 1 is 0.348 bits per heavy atom. The lowest BCUT2D eigenvalue weighted by atomic mass is 9.82. The van der Waals surface area contributed by atoms with Crippen molar-refractivity contribution in [2.45, 2.75) is 156 Å². The predicted octanol–water partition coefficient (Wildman–Crippen LogP) is 25.1. The Labute approximate surface area is 544 Å². The number of hydrogen-bond donors (Lipinski definition) is 0. The van der Waals surface area contributed by atoms with Crippen molar-refractivity contribution in [3.8, 4) is 11.4 Å². The number of rotatable bonds is 14. The van der Waals surface area contributed by atoms with Gasteiger partial charge < -0.3 is 18.9 Å². The molecule has 0 saturated carbocycles. The van der Waals surface area contributed by atoms with Gasteiger partial charge in [0, 0.05) is 66.4 Å². The number of para-hydroxylation sites is 2. The minimum absolute atomic E-state index is 0.0399. The zero-order valence-electron chi connectivity index (χ0n) is 55.6. The Hall–Kier alpha value is -9.12. The summed E-state index contributed by atoms with van der Waals surface area (Å²) < 4.78 is 5.08. The van der Waals surface area contributed by atoms with Crippen LogP contribution in [0.2, 0.25) is 0 Å². The average Bonchev–Trinajstić information content (AvgIpc) is 0.794. The molecule has 2 aliphatic carbocycles. The van der Waals surface area contributed by atoms with Gasteiger partial charge >= 0.3 is 0 Å². The van der Waals surface area contributed by atoms with Gasteiger partial charge in [-0.3, -0.25) is 0 Å². The fraction of sp³-hybridized carbons (Fsp3) is 0.273. The van der Waals surface area contributed by atoms with Crippen LogP contribution in [0.1, 0.15) is 164 Å². The van der Waals surface area contributed by atoms with Crippen LogP contribution in [0.15, 0.2) is 206 Å². The third-order valence-corrected chi connectivity index (χ3v) is 22.2. The fourth-order valence-electron chi connectivity index (χ4n) is 16.4. The molecule has 2 aromatic heterocycles. The quantitative estimate of drug-likeness (QED) is 0.101. The topological polar surface area (TPSA) is 16.3 Å². The predicted molar refractivity (Wildman–Crippen MR) is 396 cm³/mol. The van der Waals surface area contributed by atoms with Gasteiger partial charge in [0.1, 0.15) is 0 Å². The van der Waals surface area contributed by atoms with Crippen molar-refractivity contribution < 1.29 is 0 Å². The number of fused-ring (bicyclic) bond motifs is 8. The molecule has 14 aromatic rings. The first-order valence-electron chi connectivity index (χ1n) is 34.6. The maximum Gasteiger partial charge on any atom is 0.0561 e. The Morgan fingerprint density at radius 3 is 1.15 bits per heavy atom. The van der Waals surface area contributed by atoms with E-state index in [1.807, 2.05) is 0 Å². The number of nitrogens with zero attached hydrogens (tertiary/aromatic N) is 4. The van der Waals surface area contributed by atoms with Crippen LogP contribution in [-0.4, -0.2) is 9.13 Å². The van der Waals surface area contributed by atoms with Gasteiger partial charge in [0.05, 0.1) is 33.4 Å². The van der Waals surface area contributed by atoms with Gasteiger partial charge in [-0.1, -0.05) is 191 Å². The van der Waals surface area contributed by atoms with E-state index >= 15 is 0 Å². The molecular formula is C88H86N4. The molecule has 0 radical (unpaired) electrons. The number of aromatic nitrogens is 2. The van der Waals surface area contributed by atoms with E-state index in [0.717, 1.165) is 38.5 Å². The highest BCUT2D eigenvalue weighted by molar-refractivity contribution is 6.30. The molecule has 458 valence electrons. The Kier molecular flexibility index (Phi) is 14.1. The maximum atomic E-state index is 2.69. The van der Waals surface area contributed by atoms with Crippen LogP contribution in [0.25, 0.3) is 87.3 Å². The van der Waals surface area contributed by atoms with Gasteiger partial charge in [-0.15, -0.1) is 0 Å². The van der Waals surface area contributed by atoms with Gasteiger partial charge in [0.15, 0.2) is 0 Å². The molecule has 2 aliphatic rings. The highest BCUT2D eigenvalue weighted by Crippen LogP contribution is 2.54. The van der Waals surface area contributed by atoms with E-state index in [9.17, 15) is 0 Å². The Balaban J connectivity index is 0.984. The number of hydrogen-bond acceptors (Lipinski definition) is 2. The van der Waals surface area contributed by atoms with E-state index in [4.69, 9.17) is 0 Å². The molecule has 0 fully saturated rings. The number of anilines is 6. The van der Waals surface area contributed by atoms with E-state index in [2.05, 4.69) is 294 Å². The second kappa shape index (κ2) is 22.3. The van der Waals surface area contributed by atoms with E-state index < -0.39 is 0 Å². The third-order valence-electron chi connectivity index (χ3n) is 22.2. The van der Waals surface area contributed by atoms with Crippen LogP contribution in [0.4, 0.5) is 34.1 Å². The Morgan fingerprint density at radius 2 is 0.728 bits per heavy atom. The largest absolute Gasteiger partial charge is 0.309 e. The van der Waals surface area contributed by atoms with Crippen molar-refractivity contribution in [3.63, 3.8) is 0 Å². The summed E-state index contributed by atoms with van der Waals surface area (Å²) in [6.45, 7) is 23.8. The molecule has 12 aromatic carbocycles. The first kappa shape index (κ1) is 58.0. The van der Waals surface area contributed by atoms with Crippen molar-refractivity contribution in [2.24, 2.45) is 0 Å². The molecule has 0 unspecified atom stereocenters. The number of aryl methyl sites for hydroxylation is 2. The monoisotopic (exact) mass is 1200 g/mol. The minimum Gasteiger partial charge on any atom is -0.309 e. The summed E-state index contributed by atoms with van der Waals surface area (Å²) in [5.74, 6) is 0.497. The lowest BCUT2D eigenvalue weighted by Crippen LogP contribution is -2.17. The molecular weight excluding hydrogens is 1110 g/mol. The van der Waals surface area contributed by atoms with E-state index in [0.29, 0.717) is 0 Å². The van der Waals surface area contributed by atoms with Gasteiger partial charge in [0.2, 0.25) is 0 Å². The van der Waals surface area contributed by atoms with Crippen LogP contribution < -0.4 is 9.80 Å². The number of benzene rings is 12. The van der Waals surface area contributed by atoms with Gasteiger partial charge in [-0.25, -0.2) is 0 Å². The minimum atomic E-state index is 0.0399. The summed E-state index contributed by atoms with van der Waals surface area (Å²) in [4.78, 5) is 5.39. The zero-order chi connectivity index (χ0) is 62.9. The molecule has 92 heavy (non-hydrogen) atoms. The van der Waals surface area contributed by atoms with E-state index in [1.54, 1.807) is 0 Å². The summed E-state index contributed by atoms with van der Waals surface area (Å²) in [7, 11) is 0. The van der Waals surface area contributed by atoms with Crippen molar-refractivity contribution >= 4 is 110 Å². The molecule has 0 amide bonds. The van der Waals surface area contributed by atoms with E-state index in [-0.39, 0.29) is 22.7 Å². The van der Waals surface area contributed by atoms with Crippen LogP contribution in [0.5, 0.6) is 0 Å². The molecule has 0 N–H and O–H groups in total. The van der Waals surface area contributed by atoms with Gasteiger partial charge in [0.25, 0.3) is 0 Å². The summed E-state index contributed by atoms with van der Waals surface area (Å²) in [6.07, 6.45) is 11.3. The first-order chi connectivity index (χ1) is 44.7. The molecule has 0 aliphatic heterocycles. The van der Waals surface area contributed by atoms with Crippen LogP contribution >= 0.6 is 0 Å². The zero-order valence-corrected chi connectivity index (χ0v) is 55.6. The summed E-state index contributed by atoms with van der Waals surface area (Å²) >= 11 is 0. The van der Waals surface area contributed by atoms with Gasteiger partial charge in [-0.2, -0.15) is 0 Å². The highest BCUT2D eigenvalue weighted by Gasteiger charge is 2.31. The van der Waals surface area contributed by atoms with Crippen molar-refractivity contribution in [3.05, 3.63) is 251 Å². The van der Waals surface area contributed by atoms with Crippen LogP contribution in [-0.2, 0) is 36.5 Å². The van der Waals surface area contributed by atoms with Crippen LogP contribution in [0.3, 0.4) is 0 Å². The standard InChI is InChI=1S/C88H86N4/c1-11-87(7,8)59-29-23-31-61(49-59)89-79-37-19-17-35-67(79)69-43-41-63(51-81(69)89)91(77-39-21-27-57-25-13-15-33-65(57)77)83-53-75(55(3)4)71-46-48-74-84(54-76(56(5)6)72-45-47-73(83)85(71)86(72)74)92(78-40-22-28-58-26-14-16-34-66(58)78)64-42-44-70-68-36-18-20-38-80(68)90(82(70)52-64)62-32-24-30-60(50-62)88(9,10)12-2/h17-24,27-32,35-56H,11-16,25-26,33-34H2,1-10H3. The van der Waals surface area contributed by atoms with Crippen molar-refractivity contribution in [2.75, 3.05) is 9.80 Å². The fourth-order valence-corrected chi connectivity index (χ4v) is 16.4. The van der Waals surface area contributed by atoms with Crippen LogP contribution in [0, 0.1) is 0 Å². The molecule has 0 spiro atoms. The SMILES string of the molecule is CCC(C)(C)c1cccc(-n2c3ccccc3c3ccc(N(c4cccc5c4CCCC5)c4cc(C(C)C)c5ccc6c(N(c7ccc8c9ccccc9n(-c9cccc(C(C)(C)CC)c9)c8c7)c7cccc8c7CCCC8)cc(C(C)C)c7ccc4c5c76)cc32)c1.